The van der Waals surface area contributed by atoms with E-state index in [1.165, 1.54) is 24.3 Å². The van der Waals surface area contributed by atoms with E-state index < -0.39 is 11.4 Å². The van der Waals surface area contributed by atoms with Gasteiger partial charge in [0.2, 0.25) is 0 Å². The van der Waals surface area contributed by atoms with Crippen LogP contribution >= 0.6 is 12.4 Å². The normalized spacial score (nSPS) is 23.4. The molecule has 0 aromatic heterocycles. The molecule has 0 unspecified atom stereocenters. The molecule has 1 heterocycles. The van der Waals surface area contributed by atoms with Crippen molar-refractivity contribution < 1.29 is 18.7 Å². The molecule has 1 aliphatic heterocycles. The van der Waals surface area contributed by atoms with Gasteiger partial charge in [-0.15, -0.1) is 12.4 Å². The van der Waals surface area contributed by atoms with Crippen molar-refractivity contribution in [1.82, 2.24) is 4.90 Å². The molecule has 1 N–H and O–H groups in total. The molecule has 0 bridgehead atoms. The number of rotatable bonds is 7. The van der Waals surface area contributed by atoms with Crippen LogP contribution < -0.4 is 0 Å². The van der Waals surface area contributed by atoms with Gasteiger partial charge in [-0.25, -0.2) is 8.78 Å². The van der Waals surface area contributed by atoms with E-state index in [1.807, 2.05) is 0 Å². The van der Waals surface area contributed by atoms with Gasteiger partial charge in [-0.3, -0.25) is 4.79 Å². The van der Waals surface area contributed by atoms with Crippen LogP contribution in [0.1, 0.15) is 49.1 Å². The van der Waals surface area contributed by atoms with Gasteiger partial charge in [0.05, 0.1) is 5.41 Å². The van der Waals surface area contributed by atoms with Gasteiger partial charge in [-0.2, -0.15) is 0 Å². The van der Waals surface area contributed by atoms with Crippen molar-refractivity contribution in [3.8, 4) is 0 Å². The molecule has 2 atom stereocenters. The summed E-state index contributed by atoms with van der Waals surface area (Å²) in [4.78, 5) is 14.2. The Hall–Kier alpha value is -1.98. The van der Waals surface area contributed by atoms with Crippen LogP contribution in [-0.2, 0) is 4.79 Å². The lowest BCUT2D eigenvalue weighted by Gasteiger charge is -2.24. The molecule has 0 amide bonds. The summed E-state index contributed by atoms with van der Waals surface area (Å²) in [5.41, 5.74) is 1.48. The Morgan fingerprint density at radius 3 is 2.13 bits per heavy atom. The van der Waals surface area contributed by atoms with Crippen LogP contribution in [0.2, 0.25) is 0 Å². The van der Waals surface area contributed by atoms with Gasteiger partial charge in [0, 0.05) is 19.0 Å². The number of carbonyl (C=O) groups is 1. The summed E-state index contributed by atoms with van der Waals surface area (Å²) in [7, 11) is 0. The minimum Gasteiger partial charge on any atom is -0.481 e. The fraction of sp³-hybridized carbons (Fsp3) is 0.458. The van der Waals surface area contributed by atoms with Crippen molar-refractivity contribution in [3.63, 3.8) is 0 Å². The molecule has 1 saturated carbocycles. The van der Waals surface area contributed by atoms with Crippen LogP contribution in [0.3, 0.4) is 0 Å². The van der Waals surface area contributed by atoms with Crippen LogP contribution in [-0.4, -0.2) is 35.6 Å². The van der Waals surface area contributed by atoms with Gasteiger partial charge >= 0.3 is 5.97 Å². The number of halogens is 3. The number of hydrogen-bond acceptors (Lipinski definition) is 2. The lowest BCUT2D eigenvalue weighted by atomic mass is 9.81. The first-order chi connectivity index (χ1) is 14.0. The van der Waals surface area contributed by atoms with E-state index in [-0.39, 0.29) is 35.9 Å². The molecule has 6 heteroatoms. The van der Waals surface area contributed by atoms with Gasteiger partial charge in [-0.05, 0) is 73.5 Å². The molecule has 2 aliphatic rings. The Kier molecular flexibility index (Phi) is 7.14. The molecule has 4 rings (SSSR count). The molecule has 2 fully saturated rings. The number of aliphatic carboxylic acids is 1. The first kappa shape index (κ1) is 22.7. The number of benzene rings is 2. The van der Waals surface area contributed by atoms with E-state index in [0.29, 0.717) is 6.54 Å². The molecule has 0 spiro atoms. The molecule has 2 aromatic carbocycles. The lowest BCUT2D eigenvalue weighted by Crippen LogP contribution is -2.35. The van der Waals surface area contributed by atoms with Crippen LogP contribution in [0, 0.1) is 23.0 Å². The van der Waals surface area contributed by atoms with Gasteiger partial charge < -0.3 is 10.0 Å². The predicted molar refractivity (Wildman–Crippen MR) is 115 cm³/mol. The Morgan fingerprint density at radius 2 is 1.63 bits per heavy atom. The van der Waals surface area contributed by atoms with Crippen LogP contribution in [0.5, 0.6) is 0 Å². The molecule has 0 radical (unpaired) electrons. The van der Waals surface area contributed by atoms with E-state index in [0.717, 1.165) is 56.3 Å². The van der Waals surface area contributed by atoms with Gasteiger partial charge in [-0.1, -0.05) is 30.7 Å². The highest BCUT2D eigenvalue weighted by molar-refractivity contribution is 5.85. The number of carboxylic acid groups (broad SMARTS) is 1. The largest absolute Gasteiger partial charge is 0.481 e. The quantitative estimate of drug-likeness (QED) is 0.625. The number of nitrogens with zero attached hydrogens (tertiary/aromatic N) is 1. The fourth-order valence-electron chi connectivity index (χ4n) is 5.35. The third kappa shape index (κ3) is 4.52. The van der Waals surface area contributed by atoms with Gasteiger partial charge in [0.1, 0.15) is 11.6 Å². The highest BCUT2D eigenvalue weighted by atomic mass is 35.5. The minimum atomic E-state index is -0.641. The Labute approximate surface area is 182 Å². The van der Waals surface area contributed by atoms with Crippen LogP contribution in [0.4, 0.5) is 8.78 Å². The third-order valence-corrected chi connectivity index (χ3v) is 6.88. The van der Waals surface area contributed by atoms with Crippen molar-refractivity contribution in [3.05, 3.63) is 71.3 Å². The highest BCUT2D eigenvalue weighted by Gasteiger charge is 2.54. The van der Waals surface area contributed by atoms with E-state index in [2.05, 4.69) is 4.90 Å². The van der Waals surface area contributed by atoms with Gasteiger partial charge in [0.15, 0.2) is 0 Å². The summed E-state index contributed by atoms with van der Waals surface area (Å²) in [5.74, 6) is -0.849. The zero-order chi connectivity index (χ0) is 20.4. The number of fused-ring (bicyclic) bond motifs is 1. The number of likely N-dealkylation sites (tertiary alicyclic amines) is 1. The Balaban J connectivity index is 0.00000256. The van der Waals surface area contributed by atoms with Crippen molar-refractivity contribution in [2.45, 2.75) is 38.0 Å². The second-order valence-electron chi connectivity index (χ2n) is 8.58. The van der Waals surface area contributed by atoms with Crippen LogP contribution in [0.25, 0.3) is 0 Å². The van der Waals surface area contributed by atoms with Crippen LogP contribution in [0.15, 0.2) is 48.5 Å². The van der Waals surface area contributed by atoms with Crippen molar-refractivity contribution in [1.29, 1.82) is 0 Å². The van der Waals surface area contributed by atoms with Crippen molar-refractivity contribution in [2.24, 2.45) is 11.3 Å². The first-order valence-corrected chi connectivity index (χ1v) is 10.4. The summed E-state index contributed by atoms with van der Waals surface area (Å²) in [6.07, 6.45) is 4.57. The summed E-state index contributed by atoms with van der Waals surface area (Å²) >= 11 is 0. The standard InChI is InChI=1S/C24H27F2NO2.ClH/c25-20-9-5-17(6-10-20)22(18-7-11-21(26)12-8-18)4-2-14-27-15-19-3-1-13-24(19,16-27)23(28)29;/h5-12,19,22H,1-4,13-16H2,(H,28,29);1H/t19-,24+;/m0./s1. The average molecular weight is 436 g/mol. The second-order valence-corrected chi connectivity index (χ2v) is 8.58. The maximum absolute atomic E-state index is 13.4. The van der Waals surface area contributed by atoms with E-state index in [1.54, 1.807) is 24.3 Å². The third-order valence-electron chi connectivity index (χ3n) is 6.88. The Bertz CT molecular complexity index is 813. The second kappa shape index (κ2) is 9.44. The SMILES string of the molecule is Cl.O=C(O)[C@@]12CCC[C@H]1CN(CCCC(c1ccc(F)cc1)c1ccc(F)cc1)C2. The van der Waals surface area contributed by atoms with E-state index in [4.69, 9.17) is 0 Å². The average Bonchev–Trinajstić information content (AvgIpc) is 3.25. The highest BCUT2D eigenvalue weighted by Crippen LogP contribution is 2.49. The molecule has 2 aromatic rings. The van der Waals surface area contributed by atoms with E-state index in [9.17, 15) is 18.7 Å². The maximum Gasteiger partial charge on any atom is 0.311 e. The summed E-state index contributed by atoms with van der Waals surface area (Å²) < 4.78 is 26.7. The zero-order valence-electron chi connectivity index (χ0n) is 16.9. The first-order valence-electron chi connectivity index (χ1n) is 10.4. The summed E-state index contributed by atoms with van der Waals surface area (Å²) in [6, 6.07) is 13.0. The minimum absolute atomic E-state index is 0. The number of hydrogen-bond donors (Lipinski definition) is 1. The number of carboxylic acids is 1. The topological polar surface area (TPSA) is 40.5 Å². The van der Waals surface area contributed by atoms with Gasteiger partial charge in [0.25, 0.3) is 0 Å². The molecule has 1 aliphatic carbocycles. The maximum atomic E-state index is 13.4. The Morgan fingerprint density at radius 1 is 1.07 bits per heavy atom. The smallest absolute Gasteiger partial charge is 0.311 e. The van der Waals surface area contributed by atoms with Crippen molar-refractivity contribution in [2.75, 3.05) is 19.6 Å². The molecule has 3 nitrogen and oxygen atoms in total. The predicted octanol–water partition coefficient (Wildman–Crippen LogP) is 5.49. The monoisotopic (exact) mass is 435 g/mol. The van der Waals surface area contributed by atoms with E-state index >= 15 is 0 Å². The molecular formula is C24H28ClF2NO2. The lowest BCUT2D eigenvalue weighted by molar-refractivity contribution is -0.149. The molecule has 30 heavy (non-hydrogen) atoms. The molecular weight excluding hydrogens is 408 g/mol. The molecule has 1 saturated heterocycles. The fourth-order valence-corrected chi connectivity index (χ4v) is 5.35. The zero-order valence-corrected chi connectivity index (χ0v) is 17.7. The summed E-state index contributed by atoms with van der Waals surface area (Å²) in [5, 5.41) is 9.76. The van der Waals surface area contributed by atoms with Crippen molar-refractivity contribution >= 4 is 18.4 Å². The molecule has 162 valence electrons. The summed E-state index contributed by atoms with van der Waals surface area (Å²) in [6.45, 7) is 2.36.